The summed E-state index contributed by atoms with van der Waals surface area (Å²) in [5.74, 6) is 0.453. The van der Waals surface area contributed by atoms with E-state index in [2.05, 4.69) is 15.9 Å². The third-order valence-electron chi connectivity index (χ3n) is 2.60. The van der Waals surface area contributed by atoms with Crippen LogP contribution in [0.2, 0.25) is 5.02 Å². The number of nitrogen functional groups attached to an aromatic ring is 1. The minimum absolute atomic E-state index is 0.0265. The lowest BCUT2D eigenvalue weighted by Crippen LogP contribution is -1.95. The summed E-state index contributed by atoms with van der Waals surface area (Å²) in [6.07, 6.45) is 0. The maximum Gasteiger partial charge on any atom is 0.274 e. The highest BCUT2D eigenvalue weighted by atomic mass is 79.9. The largest absolute Gasteiger partial charge is 0.398 e. The van der Waals surface area contributed by atoms with E-state index in [9.17, 15) is 10.1 Å². The molecule has 0 bridgehead atoms. The first-order valence-electron chi connectivity index (χ1n) is 5.58. The summed E-state index contributed by atoms with van der Waals surface area (Å²) < 4.78 is 0.916. The fourth-order valence-electron chi connectivity index (χ4n) is 1.62. The molecule has 0 atom stereocenters. The van der Waals surface area contributed by atoms with Gasteiger partial charge in [0.05, 0.1) is 4.92 Å². The average Bonchev–Trinajstić information content (AvgIpc) is 2.40. The van der Waals surface area contributed by atoms with Gasteiger partial charge in [-0.3, -0.25) is 10.1 Å². The van der Waals surface area contributed by atoms with Crippen LogP contribution >= 0.6 is 39.3 Å². The second-order valence-electron chi connectivity index (χ2n) is 4.00. The topological polar surface area (TPSA) is 69.2 Å². The number of thioether (sulfide) groups is 1. The van der Waals surface area contributed by atoms with Crippen molar-refractivity contribution in [3.63, 3.8) is 0 Å². The van der Waals surface area contributed by atoms with E-state index >= 15 is 0 Å². The number of hydrogen-bond acceptors (Lipinski definition) is 4. The van der Waals surface area contributed by atoms with Crippen LogP contribution in [-0.2, 0) is 5.75 Å². The number of nitrogens with two attached hydrogens (primary N) is 1. The molecule has 0 amide bonds. The lowest BCUT2D eigenvalue weighted by Gasteiger charge is -2.07. The van der Waals surface area contributed by atoms with Crippen LogP contribution in [0.25, 0.3) is 0 Å². The lowest BCUT2D eigenvalue weighted by atomic mass is 10.2. The zero-order valence-corrected chi connectivity index (χ0v) is 13.3. The van der Waals surface area contributed by atoms with Crippen molar-refractivity contribution < 1.29 is 4.92 Å². The zero-order valence-electron chi connectivity index (χ0n) is 10.2. The highest BCUT2D eigenvalue weighted by molar-refractivity contribution is 9.10. The monoisotopic (exact) mass is 372 g/mol. The van der Waals surface area contributed by atoms with E-state index in [-0.39, 0.29) is 5.69 Å². The number of rotatable bonds is 4. The Morgan fingerprint density at radius 1 is 1.30 bits per heavy atom. The molecule has 2 N–H and O–H groups in total. The molecule has 0 aliphatic carbocycles. The van der Waals surface area contributed by atoms with Gasteiger partial charge in [0, 0.05) is 37.5 Å². The number of hydrogen-bond donors (Lipinski definition) is 1. The van der Waals surface area contributed by atoms with E-state index < -0.39 is 4.92 Å². The minimum Gasteiger partial charge on any atom is -0.398 e. The molecule has 2 aromatic carbocycles. The van der Waals surface area contributed by atoms with Crippen LogP contribution in [0.1, 0.15) is 5.56 Å². The molecule has 0 aliphatic rings. The van der Waals surface area contributed by atoms with Gasteiger partial charge in [-0.15, -0.1) is 11.8 Å². The number of halogens is 2. The van der Waals surface area contributed by atoms with Gasteiger partial charge in [-0.2, -0.15) is 0 Å². The van der Waals surface area contributed by atoms with Crippen LogP contribution < -0.4 is 5.73 Å². The zero-order chi connectivity index (χ0) is 14.7. The van der Waals surface area contributed by atoms with E-state index in [1.807, 2.05) is 12.1 Å². The number of nitrogens with zero attached hydrogens (tertiary/aromatic N) is 1. The summed E-state index contributed by atoms with van der Waals surface area (Å²) in [6, 6.07) is 10.2. The maximum atomic E-state index is 11.0. The van der Waals surface area contributed by atoms with E-state index in [0.29, 0.717) is 22.0 Å². The molecule has 0 unspecified atom stereocenters. The highest BCUT2D eigenvalue weighted by Crippen LogP contribution is 2.33. The summed E-state index contributed by atoms with van der Waals surface area (Å²) in [6.45, 7) is 0. The first-order chi connectivity index (χ1) is 9.47. The summed E-state index contributed by atoms with van der Waals surface area (Å²) >= 11 is 10.6. The smallest absolute Gasteiger partial charge is 0.274 e. The maximum absolute atomic E-state index is 11.0. The molecule has 0 aromatic heterocycles. The molecular weight excluding hydrogens is 364 g/mol. The Morgan fingerprint density at radius 3 is 2.75 bits per heavy atom. The molecule has 7 heteroatoms. The van der Waals surface area contributed by atoms with E-state index in [1.165, 1.54) is 17.8 Å². The molecular formula is C13H10BrClN2O2S. The van der Waals surface area contributed by atoms with Crippen molar-refractivity contribution in [2.24, 2.45) is 0 Å². The van der Waals surface area contributed by atoms with Crippen LogP contribution in [0, 0.1) is 10.1 Å². The number of anilines is 1. The Morgan fingerprint density at radius 2 is 2.05 bits per heavy atom. The molecule has 0 radical (unpaired) electrons. The first kappa shape index (κ1) is 15.2. The predicted molar refractivity (Wildman–Crippen MR) is 86.2 cm³/mol. The van der Waals surface area contributed by atoms with Gasteiger partial charge < -0.3 is 5.73 Å². The Kier molecular flexibility index (Phi) is 4.91. The third kappa shape index (κ3) is 3.65. The van der Waals surface area contributed by atoms with Crippen molar-refractivity contribution in [3.05, 3.63) is 61.6 Å². The Hall–Kier alpha value is -1.24. The lowest BCUT2D eigenvalue weighted by molar-refractivity contribution is -0.385. The van der Waals surface area contributed by atoms with E-state index in [1.54, 1.807) is 18.2 Å². The summed E-state index contributed by atoms with van der Waals surface area (Å²) in [4.78, 5) is 11.5. The van der Waals surface area contributed by atoms with Gasteiger partial charge in [0.1, 0.15) is 0 Å². The third-order valence-corrected chi connectivity index (χ3v) is 4.45. The van der Waals surface area contributed by atoms with Crippen LogP contribution in [0.3, 0.4) is 0 Å². The summed E-state index contributed by atoms with van der Waals surface area (Å²) in [5, 5.41) is 11.4. The van der Waals surface area contributed by atoms with Crippen LogP contribution in [0.5, 0.6) is 0 Å². The van der Waals surface area contributed by atoms with Crippen LogP contribution in [0.4, 0.5) is 11.4 Å². The molecule has 0 spiro atoms. The van der Waals surface area contributed by atoms with E-state index in [0.717, 1.165) is 9.37 Å². The van der Waals surface area contributed by atoms with E-state index in [4.69, 9.17) is 17.3 Å². The molecule has 0 aliphatic heterocycles. The second kappa shape index (κ2) is 6.47. The molecule has 104 valence electrons. The second-order valence-corrected chi connectivity index (χ2v) is 6.37. The number of nitro benzene ring substituents is 1. The van der Waals surface area contributed by atoms with Crippen molar-refractivity contribution in [2.45, 2.75) is 10.6 Å². The molecule has 0 saturated carbocycles. The molecule has 20 heavy (non-hydrogen) atoms. The highest BCUT2D eigenvalue weighted by Gasteiger charge is 2.14. The van der Waals surface area contributed by atoms with Gasteiger partial charge in [-0.05, 0) is 30.3 Å². The fourth-order valence-corrected chi connectivity index (χ4v) is 3.30. The Bertz CT molecular complexity index is 667. The predicted octanol–water partition coefficient (Wildman–Crippen LogP) is 4.89. The normalized spacial score (nSPS) is 10.5. The van der Waals surface area contributed by atoms with Gasteiger partial charge in [0.15, 0.2) is 0 Å². The van der Waals surface area contributed by atoms with Gasteiger partial charge in [-0.1, -0.05) is 27.5 Å². The quantitative estimate of drug-likeness (QED) is 0.359. The minimum atomic E-state index is -0.425. The summed E-state index contributed by atoms with van der Waals surface area (Å²) in [5.41, 5.74) is 7.17. The molecule has 2 rings (SSSR count). The standard InChI is InChI=1S/C13H10BrClN2O2S/c14-9-2-4-11(16)13(5-9)20-7-8-1-3-10(15)6-12(8)17(18)19/h1-6H,7,16H2. The van der Waals surface area contributed by atoms with Crippen LogP contribution in [0.15, 0.2) is 45.8 Å². The summed E-state index contributed by atoms with van der Waals surface area (Å²) in [7, 11) is 0. The molecule has 4 nitrogen and oxygen atoms in total. The molecule has 0 saturated heterocycles. The van der Waals surface area contributed by atoms with Gasteiger partial charge in [-0.25, -0.2) is 0 Å². The Labute approximate surface area is 133 Å². The van der Waals surface area contributed by atoms with Crippen molar-refractivity contribution in [1.82, 2.24) is 0 Å². The SMILES string of the molecule is Nc1ccc(Br)cc1SCc1ccc(Cl)cc1[N+](=O)[O-]. The van der Waals surface area contributed by atoms with Crippen molar-refractivity contribution in [1.29, 1.82) is 0 Å². The first-order valence-corrected chi connectivity index (χ1v) is 7.73. The molecule has 0 heterocycles. The molecule has 0 fully saturated rings. The number of benzene rings is 2. The van der Waals surface area contributed by atoms with Crippen molar-refractivity contribution in [3.8, 4) is 0 Å². The van der Waals surface area contributed by atoms with Gasteiger partial charge >= 0.3 is 0 Å². The molecule has 2 aromatic rings. The van der Waals surface area contributed by atoms with Gasteiger partial charge in [0.2, 0.25) is 0 Å². The van der Waals surface area contributed by atoms with Crippen molar-refractivity contribution in [2.75, 3.05) is 5.73 Å². The van der Waals surface area contributed by atoms with Crippen LogP contribution in [-0.4, -0.2) is 4.92 Å². The average molecular weight is 374 g/mol. The van der Waals surface area contributed by atoms with Crippen molar-refractivity contribution >= 4 is 50.7 Å². The Balaban J connectivity index is 2.23. The fraction of sp³-hybridized carbons (Fsp3) is 0.0769. The van der Waals surface area contributed by atoms with Gasteiger partial charge in [0.25, 0.3) is 5.69 Å². The number of nitro groups is 1.